The molecular formula is C14H27ClN2O3S. The largest absolute Gasteiger partial charge is 0.352 e. The Balaban J connectivity index is 0.00000220. The number of amides is 1. The van der Waals surface area contributed by atoms with E-state index in [0.29, 0.717) is 5.92 Å². The molecule has 21 heavy (non-hydrogen) atoms. The Kier molecular flexibility index (Phi) is 6.50. The fourth-order valence-electron chi connectivity index (χ4n) is 3.82. The van der Waals surface area contributed by atoms with Crippen LogP contribution in [0.5, 0.6) is 0 Å². The summed E-state index contributed by atoms with van der Waals surface area (Å²) in [6.07, 6.45) is 6.50. The summed E-state index contributed by atoms with van der Waals surface area (Å²) < 4.78 is 22.2. The van der Waals surface area contributed by atoms with Crippen LogP contribution in [0.3, 0.4) is 0 Å². The fourth-order valence-corrected chi connectivity index (χ4v) is 4.50. The van der Waals surface area contributed by atoms with Crippen LogP contribution in [0.25, 0.3) is 0 Å². The first-order chi connectivity index (χ1) is 9.26. The molecule has 124 valence electrons. The third-order valence-electron chi connectivity index (χ3n) is 4.94. The van der Waals surface area contributed by atoms with Crippen LogP contribution in [0, 0.1) is 17.8 Å². The van der Waals surface area contributed by atoms with Crippen LogP contribution in [-0.4, -0.2) is 38.4 Å². The van der Waals surface area contributed by atoms with Crippen molar-refractivity contribution < 1.29 is 13.2 Å². The minimum absolute atomic E-state index is 0. The average molecular weight is 339 g/mol. The van der Waals surface area contributed by atoms with E-state index in [4.69, 9.17) is 5.73 Å². The number of nitrogens with two attached hydrogens (primary N) is 1. The Labute approximate surface area is 133 Å². The van der Waals surface area contributed by atoms with Gasteiger partial charge in [0.25, 0.3) is 0 Å². The topological polar surface area (TPSA) is 89.3 Å². The van der Waals surface area contributed by atoms with Gasteiger partial charge in [0.05, 0.1) is 11.8 Å². The molecule has 2 saturated carbocycles. The summed E-state index contributed by atoms with van der Waals surface area (Å²) in [4.78, 5) is 12.0. The van der Waals surface area contributed by atoms with Gasteiger partial charge in [0.15, 0.2) is 0 Å². The van der Waals surface area contributed by atoms with Gasteiger partial charge in [-0.15, -0.1) is 12.4 Å². The molecule has 2 rings (SSSR count). The second-order valence-corrected chi connectivity index (χ2v) is 8.92. The van der Waals surface area contributed by atoms with E-state index in [1.54, 1.807) is 0 Å². The lowest BCUT2D eigenvalue weighted by Crippen LogP contribution is -2.48. The number of hydrogen-bond acceptors (Lipinski definition) is 4. The highest BCUT2D eigenvalue weighted by atomic mass is 35.5. The van der Waals surface area contributed by atoms with Crippen LogP contribution in [0.15, 0.2) is 0 Å². The van der Waals surface area contributed by atoms with Crippen LogP contribution in [0.4, 0.5) is 0 Å². The quantitative estimate of drug-likeness (QED) is 0.759. The monoisotopic (exact) mass is 338 g/mol. The first-order valence-corrected chi connectivity index (χ1v) is 9.56. The van der Waals surface area contributed by atoms with E-state index in [9.17, 15) is 13.2 Å². The molecule has 1 amide bonds. The number of sulfone groups is 1. The molecule has 2 fully saturated rings. The van der Waals surface area contributed by atoms with Crippen molar-refractivity contribution in [3.63, 3.8) is 0 Å². The van der Waals surface area contributed by atoms with Gasteiger partial charge in [-0.05, 0) is 50.4 Å². The smallest absolute Gasteiger partial charge is 0.237 e. The summed E-state index contributed by atoms with van der Waals surface area (Å²) in [7, 11) is -3.06. The standard InChI is InChI=1S/C14H26N2O3S.ClH/c1-9(12-8-10-3-4-11(12)7-10)16-14(17)13(15)5-6-20(2,18)19;/h9-13H,3-8,15H2,1-2H3,(H,16,17);1H. The second-order valence-electron chi connectivity index (χ2n) is 6.66. The third kappa shape index (κ3) is 5.11. The Morgan fingerprint density at radius 1 is 1.33 bits per heavy atom. The summed E-state index contributed by atoms with van der Waals surface area (Å²) in [5.41, 5.74) is 5.77. The van der Waals surface area contributed by atoms with Gasteiger partial charge in [-0.2, -0.15) is 0 Å². The fraction of sp³-hybridized carbons (Fsp3) is 0.929. The second kappa shape index (κ2) is 7.29. The Bertz CT molecular complexity index is 469. The highest BCUT2D eigenvalue weighted by Gasteiger charge is 2.42. The van der Waals surface area contributed by atoms with Crippen molar-refractivity contribution in [2.45, 2.75) is 51.1 Å². The normalized spacial score (nSPS) is 30.5. The van der Waals surface area contributed by atoms with Crippen molar-refractivity contribution in [3.8, 4) is 0 Å². The number of carbonyl (C=O) groups excluding carboxylic acids is 1. The van der Waals surface area contributed by atoms with E-state index >= 15 is 0 Å². The predicted molar refractivity (Wildman–Crippen MR) is 86.1 cm³/mol. The molecule has 5 unspecified atom stereocenters. The molecule has 5 nitrogen and oxygen atoms in total. The van der Waals surface area contributed by atoms with Gasteiger partial charge in [0.2, 0.25) is 5.91 Å². The number of nitrogens with one attached hydrogen (secondary N) is 1. The van der Waals surface area contributed by atoms with Gasteiger partial charge in [-0.3, -0.25) is 4.79 Å². The molecule has 7 heteroatoms. The van der Waals surface area contributed by atoms with E-state index in [1.165, 1.54) is 25.7 Å². The Morgan fingerprint density at radius 2 is 2.00 bits per heavy atom. The third-order valence-corrected chi connectivity index (χ3v) is 5.92. The highest BCUT2D eigenvalue weighted by Crippen LogP contribution is 2.49. The number of halogens is 1. The van der Waals surface area contributed by atoms with Crippen LogP contribution < -0.4 is 11.1 Å². The Hall–Kier alpha value is -0.330. The van der Waals surface area contributed by atoms with Crippen molar-refractivity contribution in [2.24, 2.45) is 23.5 Å². The maximum Gasteiger partial charge on any atom is 0.237 e. The molecule has 3 N–H and O–H groups in total. The summed E-state index contributed by atoms with van der Waals surface area (Å²) in [5, 5.41) is 2.98. The lowest BCUT2D eigenvalue weighted by molar-refractivity contribution is -0.123. The molecule has 5 atom stereocenters. The highest BCUT2D eigenvalue weighted by molar-refractivity contribution is 7.90. The summed E-state index contributed by atoms with van der Waals surface area (Å²) in [6, 6.07) is -0.590. The first-order valence-electron chi connectivity index (χ1n) is 7.50. The maximum absolute atomic E-state index is 12.0. The molecule has 2 bridgehead atoms. The molecule has 2 aliphatic carbocycles. The molecular weight excluding hydrogens is 312 g/mol. The molecule has 0 aliphatic heterocycles. The minimum atomic E-state index is -3.06. The zero-order chi connectivity index (χ0) is 14.9. The van der Waals surface area contributed by atoms with Gasteiger partial charge >= 0.3 is 0 Å². The number of hydrogen-bond donors (Lipinski definition) is 2. The molecule has 2 aliphatic rings. The predicted octanol–water partition coefficient (Wildman–Crippen LogP) is 1.11. The van der Waals surface area contributed by atoms with Gasteiger partial charge < -0.3 is 11.1 Å². The van der Waals surface area contributed by atoms with Gasteiger partial charge in [-0.1, -0.05) is 6.42 Å². The first kappa shape index (κ1) is 18.7. The van der Waals surface area contributed by atoms with Crippen molar-refractivity contribution in [1.29, 1.82) is 0 Å². The van der Waals surface area contributed by atoms with E-state index in [2.05, 4.69) is 5.32 Å². The zero-order valence-electron chi connectivity index (χ0n) is 12.7. The van der Waals surface area contributed by atoms with Crippen LogP contribution in [-0.2, 0) is 14.6 Å². The molecule has 0 radical (unpaired) electrons. The van der Waals surface area contributed by atoms with Crippen LogP contribution in [0.1, 0.15) is 39.0 Å². The average Bonchev–Trinajstić information content (AvgIpc) is 2.96. The molecule has 0 saturated heterocycles. The van der Waals surface area contributed by atoms with E-state index in [1.807, 2.05) is 6.92 Å². The number of rotatable bonds is 6. The van der Waals surface area contributed by atoms with E-state index in [0.717, 1.165) is 18.1 Å². The van der Waals surface area contributed by atoms with Crippen molar-refractivity contribution in [3.05, 3.63) is 0 Å². The van der Waals surface area contributed by atoms with E-state index in [-0.39, 0.29) is 36.5 Å². The van der Waals surface area contributed by atoms with Gasteiger partial charge in [0, 0.05) is 12.3 Å². The molecule has 0 heterocycles. The molecule has 0 aromatic carbocycles. The van der Waals surface area contributed by atoms with Crippen LogP contribution >= 0.6 is 12.4 Å². The molecule has 0 aromatic rings. The lowest BCUT2D eigenvalue weighted by Gasteiger charge is -2.29. The lowest BCUT2D eigenvalue weighted by atomic mass is 9.84. The summed E-state index contributed by atoms with van der Waals surface area (Å²) in [6.45, 7) is 2.05. The van der Waals surface area contributed by atoms with Gasteiger partial charge in [-0.25, -0.2) is 8.42 Å². The van der Waals surface area contributed by atoms with Crippen molar-refractivity contribution >= 4 is 28.2 Å². The number of fused-ring (bicyclic) bond motifs is 2. The number of carbonyl (C=O) groups is 1. The van der Waals surface area contributed by atoms with Gasteiger partial charge in [0.1, 0.15) is 9.84 Å². The zero-order valence-corrected chi connectivity index (χ0v) is 14.4. The molecule has 0 spiro atoms. The Morgan fingerprint density at radius 3 is 2.48 bits per heavy atom. The SMILES string of the molecule is CC(NC(=O)C(N)CCS(C)(=O)=O)C1CC2CCC1C2.Cl. The van der Waals surface area contributed by atoms with Crippen molar-refractivity contribution in [2.75, 3.05) is 12.0 Å². The maximum atomic E-state index is 12.0. The summed E-state index contributed by atoms with van der Waals surface area (Å²) in [5.74, 6) is 1.92. The molecule has 0 aromatic heterocycles. The minimum Gasteiger partial charge on any atom is -0.352 e. The summed E-state index contributed by atoms with van der Waals surface area (Å²) >= 11 is 0. The van der Waals surface area contributed by atoms with E-state index < -0.39 is 15.9 Å². The van der Waals surface area contributed by atoms with Crippen molar-refractivity contribution in [1.82, 2.24) is 5.32 Å². The van der Waals surface area contributed by atoms with Crippen LogP contribution in [0.2, 0.25) is 0 Å².